The van der Waals surface area contributed by atoms with Crippen LogP contribution in [-0.4, -0.2) is 36.1 Å². The fourth-order valence-electron chi connectivity index (χ4n) is 4.84. The number of nitrogens with zero attached hydrogens (tertiary/aromatic N) is 1. The van der Waals surface area contributed by atoms with E-state index in [-0.39, 0.29) is 0 Å². The van der Waals surface area contributed by atoms with E-state index in [4.69, 9.17) is 0 Å². The first-order valence-corrected chi connectivity index (χ1v) is 8.83. The van der Waals surface area contributed by atoms with Gasteiger partial charge < -0.3 is 5.32 Å². The molecule has 1 saturated heterocycles. The molecule has 1 atom stereocenters. The number of likely N-dealkylation sites (N-methyl/N-ethyl adjacent to an activating group) is 1. The van der Waals surface area contributed by atoms with Crippen molar-refractivity contribution in [2.24, 2.45) is 5.92 Å². The maximum Gasteiger partial charge on any atom is 0.0362 e. The van der Waals surface area contributed by atoms with Gasteiger partial charge in [-0.05, 0) is 57.7 Å². The molecule has 0 aromatic rings. The fourth-order valence-corrected chi connectivity index (χ4v) is 4.84. The van der Waals surface area contributed by atoms with E-state index in [0.29, 0.717) is 5.54 Å². The van der Waals surface area contributed by atoms with E-state index >= 15 is 0 Å². The van der Waals surface area contributed by atoms with E-state index < -0.39 is 0 Å². The second-order valence-corrected chi connectivity index (χ2v) is 7.15. The molecule has 1 unspecified atom stereocenters. The second-order valence-electron chi connectivity index (χ2n) is 7.15. The molecule has 3 rings (SSSR count). The zero-order chi connectivity index (χ0) is 13.1. The van der Waals surface area contributed by atoms with Gasteiger partial charge >= 0.3 is 0 Å². The summed E-state index contributed by atoms with van der Waals surface area (Å²) in [6.45, 7) is 6.17. The molecule has 0 aromatic heterocycles. The van der Waals surface area contributed by atoms with Crippen LogP contribution in [0.2, 0.25) is 0 Å². The maximum absolute atomic E-state index is 3.90. The van der Waals surface area contributed by atoms with Gasteiger partial charge in [-0.1, -0.05) is 39.0 Å². The Kier molecular flexibility index (Phi) is 4.48. The van der Waals surface area contributed by atoms with Crippen LogP contribution in [0, 0.1) is 5.92 Å². The number of nitrogens with one attached hydrogen (secondary N) is 1. The number of rotatable bonds is 6. The summed E-state index contributed by atoms with van der Waals surface area (Å²) in [6.07, 6.45) is 14.6. The smallest absolute Gasteiger partial charge is 0.0362 e. The van der Waals surface area contributed by atoms with Crippen LogP contribution in [0.5, 0.6) is 0 Å². The highest BCUT2D eigenvalue weighted by atomic mass is 15.2. The highest BCUT2D eigenvalue weighted by Crippen LogP contribution is 2.43. The van der Waals surface area contributed by atoms with Crippen molar-refractivity contribution in [1.82, 2.24) is 10.2 Å². The first-order valence-electron chi connectivity index (χ1n) is 8.83. The molecule has 2 saturated carbocycles. The summed E-state index contributed by atoms with van der Waals surface area (Å²) in [5, 5.41) is 3.90. The van der Waals surface area contributed by atoms with Crippen LogP contribution >= 0.6 is 0 Å². The molecule has 3 aliphatic rings. The van der Waals surface area contributed by atoms with Gasteiger partial charge in [0, 0.05) is 11.6 Å². The quantitative estimate of drug-likeness (QED) is 0.789. The predicted molar refractivity (Wildman–Crippen MR) is 81.4 cm³/mol. The van der Waals surface area contributed by atoms with Crippen LogP contribution in [0.4, 0.5) is 0 Å². The summed E-state index contributed by atoms with van der Waals surface area (Å²) in [6, 6.07) is 0.767. The summed E-state index contributed by atoms with van der Waals surface area (Å²) < 4.78 is 0. The SMILES string of the molecule is CCNC(CC1CCC1)C1(N2CCCC2)CCCC1. The highest BCUT2D eigenvalue weighted by molar-refractivity contribution is 5.05. The number of hydrogen-bond acceptors (Lipinski definition) is 2. The Morgan fingerprint density at radius 3 is 2.26 bits per heavy atom. The molecule has 0 amide bonds. The van der Waals surface area contributed by atoms with Crippen molar-refractivity contribution < 1.29 is 0 Å². The lowest BCUT2D eigenvalue weighted by molar-refractivity contribution is 0.0587. The Bertz CT molecular complexity index is 273. The topological polar surface area (TPSA) is 15.3 Å². The summed E-state index contributed by atoms with van der Waals surface area (Å²) in [5.41, 5.74) is 0.530. The molecule has 1 N–H and O–H groups in total. The lowest BCUT2D eigenvalue weighted by Crippen LogP contribution is -2.59. The van der Waals surface area contributed by atoms with E-state index in [0.717, 1.165) is 18.5 Å². The average molecular weight is 264 g/mol. The second kappa shape index (κ2) is 6.13. The zero-order valence-corrected chi connectivity index (χ0v) is 12.8. The van der Waals surface area contributed by atoms with Crippen LogP contribution in [0.25, 0.3) is 0 Å². The van der Waals surface area contributed by atoms with Gasteiger partial charge in [-0.2, -0.15) is 0 Å². The molecule has 19 heavy (non-hydrogen) atoms. The molecule has 1 heterocycles. The van der Waals surface area contributed by atoms with Gasteiger partial charge in [0.15, 0.2) is 0 Å². The molecule has 0 radical (unpaired) electrons. The maximum atomic E-state index is 3.90. The molecule has 0 bridgehead atoms. The lowest BCUT2D eigenvalue weighted by Gasteiger charge is -2.47. The van der Waals surface area contributed by atoms with Crippen molar-refractivity contribution in [3.63, 3.8) is 0 Å². The predicted octanol–water partition coefficient (Wildman–Crippen LogP) is 3.56. The molecule has 2 heteroatoms. The first-order chi connectivity index (χ1) is 9.35. The Hall–Kier alpha value is -0.0800. The molecule has 110 valence electrons. The van der Waals surface area contributed by atoms with Crippen molar-refractivity contribution in [3.8, 4) is 0 Å². The van der Waals surface area contributed by atoms with E-state index in [1.54, 1.807) is 0 Å². The minimum atomic E-state index is 0.530. The van der Waals surface area contributed by atoms with Crippen molar-refractivity contribution in [2.45, 2.75) is 82.7 Å². The van der Waals surface area contributed by atoms with E-state index in [1.165, 1.54) is 77.3 Å². The van der Waals surface area contributed by atoms with Crippen LogP contribution < -0.4 is 5.32 Å². The first kappa shape index (κ1) is 13.9. The van der Waals surface area contributed by atoms with Crippen LogP contribution in [0.15, 0.2) is 0 Å². The minimum Gasteiger partial charge on any atom is -0.312 e. The van der Waals surface area contributed by atoms with Crippen molar-refractivity contribution in [1.29, 1.82) is 0 Å². The van der Waals surface area contributed by atoms with Gasteiger partial charge in [-0.15, -0.1) is 0 Å². The van der Waals surface area contributed by atoms with Crippen molar-refractivity contribution >= 4 is 0 Å². The van der Waals surface area contributed by atoms with Gasteiger partial charge in [0.05, 0.1) is 0 Å². The molecule has 1 aliphatic heterocycles. The molecule has 2 nitrogen and oxygen atoms in total. The highest BCUT2D eigenvalue weighted by Gasteiger charge is 2.46. The number of likely N-dealkylation sites (tertiary alicyclic amines) is 1. The van der Waals surface area contributed by atoms with Gasteiger partial charge in [0.2, 0.25) is 0 Å². The average Bonchev–Trinajstić information content (AvgIpc) is 3.01. The largest absolute Gasteiger partial charge is 0.312 e. The third kappa shape index (κ3) is 2.71. The Balaban J connectivity index is 1.73. The molecule has 3 fully saturated rings. The standard InChI is InChI=1S/C17H32N2/c1-2-18-16(14-15-8-7-9-15)17(10-3-4-11-17)19-12-5-6-13-19/h15-16,18H,2-14H2,1H3. The van der Waals surface area contributed by atoms with Crippen LogP contribution in [-0.2, 0) is 0 Å². The van der Waals surface area contributed by atoms with Crippen molar-refractivity contribution in [2.75, 3.05) is 19.6 Å². The summed E-state index contributed by atoms with van der Waals surface area (Å²) >= 11 is 0. The summed E-state index contributed by atoms with van der Waals surface area (Å²) in [7, 11) is 0. The van der Waals surface area contributed by atoms with E-state index in [1.807, 2.05) is 0 Å². The molecular formula is C17H32N2. The fraction of sp³-hybridized carbons (Fsp3) is 1.00. The van der Waals surface area contributed by atoms with Crippen LogP contribution in [0.3, 0.4) is 0 Å². The third-order valence-electron chi connectivity index (χ3n) is 6.10. The monoisotopic (exact) mass is 264 g/mol. The zero-order valence-electron chi connectivity index (χ0n) is 12.8. The molecule has 0 aromatic carbocycles. The van der Waals surface area contributed by atoms with Crippen LogP contribution in [0.1, 0.15) is 71.1 Å². The van der Waals surface area contributed by atoms with Gasteiger partial charge in [0.25, 0.3) is 0 Å². The summed E-state index contributed by atoms with van der Waals surface area (Å²) in [4.78, 5) is 2.88. The summed E-state index contributed by atoms with van der Waals surface area (Å²) in [5.74, 6) is 1.03. The van der Waals surface area contributed by atoms with Gasteiger partial charge in [0.1, 0.15) is 0 Å². The molecule has 2 aliphatic carbocycles. The number of hydrogen-bond donors (Lipinski definition) is 1. The third-order valence-corrected chi connectivity index (χ3v) is 6.10. The molecule has 0 spiro atoms. The van der Waals surface area contributed by atoms with Gasteiger partial charge in [-0.3, -0.25) is 4.90 Å². The lowest BCUT2D eigenvalue weighted by atomic mass is 9.74. The van der Waals surface area contributed by atoms with E-state index in [9.17, 15) is 0 Å². The van der Waals surface area contributed by atoms with Crippen molar-refractivity contribution in [3.05, 3.63) is 0 Å². The molecular weight excluding hydrogens is 232 g/mol. The van der Waals surface area contributed by atoms with Gasteiger partial charge in [-0.25, -0.2) is 0 Å². The normalized spacial score (nSPS) is 29.5. The Morgan fingerprint density at radius 2 is 1.74 bits per heavy atom. The Labute approximate surface area is 119 Å². The Morgan fingerprint density at radius 1 is 1.05 bits per heavy atom. The minimum absolute atomic E-state index is 0.530. The van der Waals surface area contributed by atoms with E-state index in [2.05, 4.69) is 17.1 Å².